The molecule has 10 unspecified atom stereocenters. The molecule has 14 nitrogen and oxygen atoms in total. The first kappa shape index (κ1) is 46.9. The van der Waals surface area contributed by atoms with E-state index in [2.05, 4.69) is 23.6 Å². The highest BCUT2D eigenvalue weighted by Gasteiger charge is 2.56. The maximum absolute atomic E-state index is 13.3. The molecule has 4 aliphatic rings. The van der Waals surface area contributed by atoms with Crippen LogP contribution < -0.4 is 10.6 Å². The number of hydrogen-bond acceptors (Lipinski definition) is 12. The van der Waals surface area contributed by atoms with Gasteiger partial charge in [0.2, 0.25) is 6.41 Å². The van der Waals surface area contributed by atoms with Crippen LogP contribution in [0.2, 0.25) is 0 Å². The molecule has 0 radical (unpaired) electrons. The number of hydrogen-bond donors (Lipinski definition) is 4. The number of rotatable bonds is 12. The number of anilines is 1. The number of benzene rings is 2. The van der Waals surface area contributed by atoms with Crippen molar-refractivity contribution in [2.75, 3.05) is 5.32 Å². The Morgan fingerprint density at radius 3 is 2.39 bits per heavy atom. The van der Waals surface area contributed by atoms with Crippen LogP contribution in [0.1, 0.15) is 140 Å². The molecule has 61 heavy (non-hydrogen) atoms. The number of ether oxygens (including phenoxy) is 4. The van der Waals surface area contributed by atoms with Gasteiger partial charge in [0.15, 0.2) is 17.9 Å². The fraction of sp³-hybridized carbons (Fsp3) is 0.617. The van der Waals surface area contributed by atoms with Crippen LogP contribution in [0.4, 0.5) is 5.69 Å². The Hall–Kier alpha value is -5.14. The molecule has 1 aliphatic heterocycles. The van der Waals surface area contributed by atoms with Crippen molar-refractivity contribution in [3.05, 3.63) is 53.1 Å². The minimum absolute atomic E-state index is 0.00114. The molecule has 1 heterocycles. The molecule has 0 spiro atoms. The molecule has 1 saturated heterocycles. The lowest BCUT2D eigenvalue weighted by Crippen LogP contribution is -2.50. The Labute approximate surface area is 358 Å². The number of nitrogens with one attached hydrogen (secondary N) is 2. The van der Waals surface area contributed by atoms with Crippen molar-refractivity contribution >= 4 is 41.9 Å². The van der Waals surface area contributed by atoms with E-state index in [1.165, 1.54) is 69.4 Å². The molecule has 3 fully saturated rings. The van der Waals surface area contributed by atoms with Crippen molar-refractivity contribution in [3.8, 4) is 11.5 Å². The summed E-state index contributed by atoms with van der Waals surface area (Å²) in [4.78, 5) is 74.2. The summed E-state index contributed by atoms with van der Waals surface area (Å²) >= 11 is 0. The van der Waals surface area contributed by atoms with Crippen molar-refractivity contribution in [2.45, 2.75) is 155 Å². The van der Waals surface area contributed by atoms with Crippen molar-refractivity contribution in [2.24, 2.45) is 29.1 Å². The predicted molar refractivity (Wildman–Crippen MR) is 225 cm³/mol. The van der Waals surface area contributed by atoms with Gasteiger partial charge in [0.05, 0.1) is 17.2 Å². The van der Waals surface area contributed by atoms with E-state index >= 15 is 0 Å². The van der Waals surface area contributed by atoms with Crippen LogP contribution in [0, 0.1) is 29.1 Å². The quantitative estimate of drug-likeness (QED) is 0.0548. The van der Waals surface area contributed by atoms with Gasteiger partial charge in [-0.25, -0.2) is 4.79 Å². The highest BCUT2D eigenvalue weighted by molar-refractivity contribution is 6.01. The summed E-state index contributed by atoms with van der Waals surface area (Å²) in [5.41, 5.74) is 2.73. The second kappa shape index (κ2) is 20.6. The third kappa shape index (κ3) is 11.0. The second-order valence-corrected chi connectivity index (χ2v) is 17.9. The van der Waals surface area contributed by atoms with Crippen molar-refractivity contribution in [1.82, 2.24) is 5.32 Å². The van der Waals surface area contributed by atoms with Crippen LogP contribution in [0.25, 0.3) is 0 Å². The van der Waals surface area contributed by atoms with Gasteiger partial charge in [-0.15, -0.1) is 0 Å². The van der Waals surface area contributed by atoms with Crippen molar-refractivity contribution in [1.29, 1.82) is 0 Å². The summed E-state index contributed by atoms with van der Waals surface area (Å²) in [6.07, 6.45) is 6.95. The Kier molecular flexibility index (Phi) is 15.9. The van der Waals surface area contributed by atoms with Gasteiger partial charge in [-0.3, -0.25) is 24.0 Å². The molecule has 14 heteroatoms. The first-order chi connectivity index (χ1) is 29.0. The van der Waals surface area contributed by atoms with Crippen LogP contribution in [0.15, 0.2) is 36.4 Å². The number of phenolic OH excluding ortho intramolecular Hbond substituents is 2. The van der Waals surface area contributed by atoms with Gasteiger partial charge in [-0.05, 0) is 118 Å². The molecule has 3 aliphatic carbocycles. The lowest BCUT2D eigenvalue weighted by atomic mass is 9.55. The molecule has 4 N–H and O–H groups in total. The Morgan fingerprint density at radius 1 is 0.967 bits per heavy atom. The minimum Gasteiger partial charge on any atom is -0.508 e. The zero-order valence-electron chi connectivity index (χ0n) is 36.6. The van der Waals surface area contributed by atoms with Crippen LogP contribution in [-0.2, 0) is 49.3 Å². The number of amides is 2. The second-order valence-electron chi connectivity index (χ2n) is 17.9. The number of cyclic esters (lactones) is 2. The molecular weight excluding hydrogens is 785 g/mol. The van der Waals surface area contributed by atoms with E-state index < -0.39 is 59.8 Å². The van der Waals surface area contributed by atoms with E-state index in [1.54, 1.807) is 0 Å². The predicted octanol–water partition coefficient (Wildman–Crippen LogP) is 7.27. The fourth-order valence-corrected chi connectivity index (χ4v) is 10.1. The van der Waals surface area contributed by atoms with E-state index in [0.29, 0.717) is 42.8 Å². The first-order valence-corrected chi connectivity index (χ1v) is 21.9. The third-order valence-corrected chi connectivity index (χ3v) is 13.2. The largest absolute Gasteiger partial charge is 0.508 e. The molecule has 334 valence electrons. The van der Waals surface area contributed by atoms with Crippen LogP contribution >= 0.6 is 0 Å². The number of aromatic hydroxyl groups is 2. The highest BCUT2D eigenvalue weighted by atomic mass is 16.6. The minimum atomic E-state index is -1.42. The van der Waals surface area contributed by atoms with Gasteiger partial charge in [-0.2, -0.15) is 0 Å². The van der Waals surface area contributed by atoms with Gasteiger partial charge >= 0.3 is 23.9 Å². The fourth-order valence-electron chi connectivity index (χ4n) is 10.1. The van der Waals surface area contributed by atoms with Gasteiger partial charge in [0.1, 0.15) is 24.1 Å². The zero-order chi connectivity index (χ0) is 44.6. The average molecular weight is 849 g/mol. The number of phenols is 2. The first-order valence-electron chi connectivity index (χ1n) is 21.9. The average Bonchev–Trinajstić information content (AvgIpc) is 3.53. The number of unbranched alkanes of at least 4 members (excludes halogenated alkanes) is 2. The highest BCUT2D eigenvalue weighted by Crippen LogP contribution is 2.61. The lowest BCUT2D eigenvalue weighted by Gasteiger charge is -2.50. The van der Waals surface area contributed by atoms with Gasteiger partial charge < -0.3 is 39.8 Å². The summed E-state index contributed by atoms with van der Waals surface area (Å²) in [6.45, 7) is 12.6. The number of esters is 4. The molecule has 6 rings (SSSR count). The summed E-state index contributed by atoms with van der Waals surface area (Å²) in [5.74, 6) is -2.04. The van der Waals surface area contributed by atoms with Crippen LogP contribution in [0.3, 0.4) is 0 Å². The number of carbonyl (C=O) groups is 6. The van der Waals surface area contributed by atoms with Crippen LogP contribution in [0.5, 0.6) is 11.5 Å². The molecule has 0 bridgehead atoms. The van der Waals surface area contributed by atoms with Crippen molar-refractivity contribution < 1.29 is 57.9 Å². The Bertz CT molecular complexity index is 1920. The summed E-state index contributed by atoms with van der Waals surface area (Å²) in [6, 6.07) is 8.64. The Morgan fingerprint density at radius 2 is 1.70 bits per heavy atom. The third-order valence-electron chi connectivity index (χ3n) is 13.2. The maximum atomic E-state index is 13.3. The lowest BCUT2D eigenvalue weighted by molar-refractivity contribution is -0.175. The van der Waals surface area contributed by atoms with E-state index in [-0.39, 0.29) is 41.1 Å². The molecule has 2 saturated carbocycles. The molecule has 0 aromatic heterocycles. The Balaban J connectivity index is 0.000000258. The van der Waals surface area contributed by atoms with Gasteiger partial charge in [-0.1, -0.05) is 59.1 Å². The van der Waals surface area contributed by atoms with E-state index in [4.69, 9.17) is 18.9 Å². The number of carbonyl (C=O) groups excluding carboxylic acids is 6. The van der Waals surface area contributed by atoms with E-state index in [0.717, 1.165) is 32.1 Å². The summed E-state index contributed by atoms with van der Waals surface area (Å²) in [7, 11) is 0. The van der Waals surface area contributed by atoms with Gasteiger partial charge in [0.25, 0.3) is 5.91 Å². The number of aryl methyl sites for hydroxylation is 1. The topological polar surface area (TPSA) is 204 Å². The summed E-state index contributed by atoms with van der Waals surface area (Å²) < 4.78 is 22.5. The van der Waals surface area contributed by atoms with E-state index in [9.17, 15) is 39.0 Å². The molecule has 2 amide bonds. The SMILES string of the molecule is CC(=O)OC1CCC2C3CCc4cc(O)ccc4C3CCC12C.CCCCCC1C(=O)OC(C)C(NC(=O)c2cccc(NC=O)c2O)C(=O)OC(C)C1OC(=O)CC(C)C. The normalized spacial score (nSPS) is 29.3. The van der Waals surface area contributed by atoms with Gasteiger partial charge in [0, 0.05) is 18.8 Å². The molecule has 2 aromatic carbocycles. The monoisotopic (exact) mass is 848 g/mol. The molecular formula is C47H64N2O12. The number of para-hydroxylation sites is 1. The van der Waals surface area contributed by atoms with E-state index in [1.807, 2.05) is 32.9 Å². The van der Waals surface area contributed by atoms with Crippen molar-refractivity contribution in [3.63, 3.8) is 0 Å². The van der Waals surface area contributed by atoms with Crippen LogP contribution in [-0.4, -0.2) is 76.9 Å². The standard InChI is InChI=1S/C27H38N2O9.C20H26O3/c1-6-7-8-10-19-24(38-21(31)13-15(2)3)17(5)37-27(35)22(16(4)36-26(19)34)29-25(33)18-11-9-12-20(23(18)32)28-14-30;1-12(21)23-19-8-7-18-17-5-3-13-11-14(22)4-6-15(13)16(17)9-10-20(18,19)2/h9,11-12,14-17,19,22,24,32H,6-8,10,13H2,1-5H3,(H,28,30)(H,29,33);4,6,11,16-19,22H,3,5,7-10H2,1-2H3. The molecule has 2 aromatic rings. The molecule has 10 atom stereocenters. The maximum Gasteiger partial charge on any atom is 0.332 e. The zero-order valence-corrected chi connectivity index (χ0v) is 36.6. The summed E-state index contributed by atoms with van der Waals surface area (Å²) in [5, 5.41) is 24.8. The number of fused-ring (bicyclic) bond motifs is 5. The smallest absolute Gasteiger partial charge is 0.332 e.